The molecule has 0 spiro atoms. The number of amidine groups is 1. The minimum Gasteiger partial charge on any atom is -0.409 e. The zero-order valence-corrected chi connectivity index (χ0v) is 7.08. The van der Waals surface area contributed by atoms with Crippen LogP contribution < -0.4 is 5.73 Å². The number of alkyl halides is 3. The molecule has 0 aliphatic rings. The van der Waals surface area contributed by atoms with Crippen LogP contribution in [0.5, 0.6) is 0 Å². The fourth-order valence-electron chi connectivity index (χ4n) is 0.895. The van der Waals surface area contributed by atoms with E-state index in [0.29, 0.717) is 6.20 Å². The third-order valence-corrected chi connectivity index (χ3v) is 1.54. The van der Waals surface area contributed by atoms with Crippen molar-refractivity contribution in [2.75, 3.05) is 0 Å². The summed E-state index contributed by atoms with van der Waals surface area (Å²) in [4.78, 5) is 0. The summed E-state index contributed by atoms with van der Waals surface area (Å²) in [7, 11) is 0. The number of aryl methyl sites for hydroxylation is 1. The molecule has 8 heteroatoms. The fraction of sp³-hybridized carbons (Fsp3) is 0.333. The first kappa shape index (κ1) is 10.4. The molecule has 0 radical (unpaired) electrons. The summed E-state index contributed by atoms with van der Waals surface area (Å²) in [5.74, 6) is -0.405. The van der Waals surface area contributed by atoms with Crippen molar-refractivity contribution in [1.82, 2.24) is 9.78 Å². The maximum atomic E-state index is 12.1. The fourth-order valence-corrected chi connectivity index (χ4v) is 0.895. The molecule has 78 valence electrons. The van der Waals surface area contributed by atoms with Gasteiger partial charge in [-0.2, -0.15) is 9.78 Å². The molecule has 0 amide bonds. The molecule has 5 nitrogen and oxygen atoms in total. The van der Waals surface area contributed by atoms with Crippen molar-refractivity contribution >= 4 is 5.84 Å². The summed E-state index contributed by atoms with van der Waals surface area (Å²) in [6.45, 7) is 1.33. The maximum Gasteiger partial charge on any atom is 0.504 e. The van der Waals surface area contributed by atoms with Gasteiger partial charge in [-0.05, 0) is 6.92 Å². The highest BCUT2D eigenvalue weighted by molar-refractivity contribution is 5.97. The van der Waals surface area contributed by atoms with Crippen LogP contribution in [-0.2, 0) is 6.30 Å². The van der Waals surface area contributed by atoms with Crippen molar-refractivity contribution in [3.05, 3.63) is 17.5 Å². The third-order valence-electron chi connectivity index (χ3n) is 1.54. The van der Waals surface area contributed by atoms with E-state index in [9.17, 15) is 13.2 Å². The smallest absolute Gasteiger partial charge is 0.409 e. The number of halogens is 3. The quantitative estimate of drug-likeness (QED) is 0.309. The molecule has 1 aromatic rings. The van der Waals surface area contributed by atoms with Gasteiger partial charge in [-0.25, -0.2) is 0 Å². The van der Waals surface area contributed by atoms with Gasteiger partial charge in [0.25, 0.3) is 0 Å². The molecule has 1 heterocycles. The van der Waals surface area contributed by atoms with Crippen LogP contribution in [0, 0.1) is 6.92 Å². The first-order valence-corrected chi connectivity index (χ1v) is 3.47. The zero-order chi connectivity index (χ0) is 10.9. The van der Waals surface area contributed by atoms with Crippen LogP contribution in [0.15, 0.2) is 11.4 Å². The molecule has 0 aromatic carbocycles. The van der Waals surface area contributed by atoms with E-state index in [0.717, 1.165) is 0 Å². The Labute approximate surface area is 76.6 Å². The maximum absolute atomic E-state index is 12.1. The van der Waals surface area contributed by atoms with Gasteiger partial charge in [0.1, 0.15) is 0 Å². The van der Waals surface area contributed by atoms with Gasteiger partial charge >= 0.3 is 6.30 Å². The Morgan fingerprint density at radius 3 is 2.57 bits per heavy atom. The molecular formula is C6H7F3N4O. The number of oxime groups is 1. The lowest BCUT2D eigenvalue weighted by molar-refractivity contribution is -0.212. The molecule has 0 unspecified atom stereocenters. The van der Waals surface area contributed by atoms with Crippen molar-refractivity contribution in [2.45, 2.75) is 13.2 Å². The minimum atomic E-state index is -4.60. The van der Waals surface area contributed by atoms with Gasteiger partial charge in [-0.15, -0.1) is 13.2 Å². The van der Waals surface area contributed by atoms with Crippen LogP contribution >= 0.6 is 0 Å². The lowest BCUT2D eigenvalue weighted by Gasteiger charge is -2.03. The minimum absolute atomic E-state index is 0.0395. The Balaban J connectivity index is 3.18. The second kappa shape index (κ2) is 3.20. The molecule has 0 saturated carbocycles. The highest BCUT2D eigenvalue weighted by atomic mass is 19.4. The number of aromatic nitrogens is 2. The summed E-state index contributed by atoms with van der Waals surface area (Å²) < 4.78 is 36.1. The normalized spacial score (nSPS) is 13.3. The highest BCUT2D eigenvalue weighted by Gasteiger charge is 2.32. The van der Waals surface area contributed by atoms with E-state index in [4.69, 9.17) is 10.9 Å². The van der Waals surface area contributed by atoms with Crippen LogP contribution in [-0.4, -0.2) is 20.8 Å². The first-order chi connectivity index (χ1) is 6.36. The number of nitrogens with zero attached hydrogens (tertiary/aromatic N) is 3. The van der Waals surface area contributed by atoms with Crippen molar-refractivity contribution in [1.29, 1.82) is 0 Å². The van der Waals surface area contributed by atoms with Gasteiger partial charge in [0.2, 0.25) is 0 Å². The van der Waals surface area contributed by atoms with Crippen LogP contribution in [0.4, 0.5) is 13.2 Å². The predicted molar refractivity (Wildman–Crippen MR) is 40.8 cm³/mol. The van der Waals surface area contributed by atoms with Crippen molar-refractivity contribution in [3.8, 4) is 0 Å². The molecule has 0 aliphatic heterocycles. The Morgan fingerprint density at radius 2 is 2.21 bits per heavy atom. The summed E-state index contributed by atoms with van der Waals surface area (Å²) >= 11 is 0. The summed E-state index contributed by atoms with van der Waals surface area (Å²) in [5, 5.41) is 14.0. The van der Waals surface area contributed by atoms with Gasteiger partial charge in [0.15, 0.2) is 5.84 Å². The number of nitrogens with two attached hydrogens (primary N) is 1. The molecule has 0 atom stereocenters. The largest absolute Gasteiger partial charge is 0.504 e. The van der Waals surface area contributed by atoms with Crippen molar-refractivity contribution < 1.29 is 18.4 Å². The van der Waals surface area contributed by atoms with E-state index in [1.807, 2.05) is 0 Å². The molecule has 0 bridgehead atoms. The van der Waals surface area contributed by atoms with Crippen molar-refractivity contribution in [2.24, 2.45) is 10.9 Å². The van der Waals surface area contributed by atoms with Crippen LogP contribution in [0.25, 0.3) is 0 Å². The van der Waals surface area contributed by atoms with Gasteiger partial charge in [-0.1, -0.05) is 5.16 Å². The molecule has 3 N–H and O–H groups in total. The standard InChI is InChI=1S/C6H7F3N4O/c1-3-4(5(10)12-14)2-13(11-3)6(7,8)9/h2,14H,1H3,(H2,10,12). The molecule has 14 heavy (non-hydrogen) atoms. The SMILES string of the molecule is Cc1nn(C(F)(F)F)cc1/C(N)=N\O. The Morgan fingerprint density at radius 1 is 1.64 bits per heavy atom. The number of hydrogen-bond acceptors (Lipinski definition) is 3. The number of rotatable bonds is 1. The highest BCUT2D eigenvalue weighted by Crippen LogP contribution is 2.22. The lowest BCUT2D eigenvalue weighted by Crippen LogP contribution is -2.17. The van der Waals surface area contributed by atoms with E-state index >= 15 is 0 Å². The molecule has 1 rings (SSSR count). The van der Waals surface area contributed by atoms with Crippen LogP contribution in [0.3, 0.4) is 0 Å². The Kier molecular flexibility index (Phi) is 2.37. The Hall–Kier alpha value is -1.73. The van der Waals surface area contributed by atoms with Crippen LogP contribution in [0.1, 0.15) is 11.3 Å². The zero-order valence-electron chi connectivity index (χ0n) is 7.08. The van der Waals surface area contributed by atoms with Gasteiger partial charge in [-0.3, -0.25) is 0 Å². The number of hydrogen-bond donors (Lipinski definition) is 2. The van der Waals surface area contributed by atoms with Crippen molar-refractivity contribution in [3.63, 3.8) is 0 Å². The van der Waals surface area contributed by atoms with E-state index in [-0.39, 0.29) is 15.9 Å². The predicted octanol–water partition coefficient (Wildman–Crippen LogP) is 0.762. The van der Waals surface area contributed by atoms with Crippen LogP contribution in [0.2, 0.25) is 0 Å². The molecule has 0 saturated heterocycles. The molecule has 0 fully saturated rings. The van der Waals surface area contributed by atoms with Gasteiger partial charge in [0.05, 0.1) is 11.3 Å². The topological polar surface area (TPSA) is 76.4 Å². The van der Waals surface area contributed by atoms with Gasteiger partial charge in [0, 0.05) is 6.20 Å². The van der Waals surface area contributed by atoms with Gasteiger partial charge < -0.3 is 10.9 Å². The van der Waals surface area contributed by atoms with E-state index < -0.39 is 12.1 Å². The third kappa shape index (κ3) is 1.78. The first-order valence-electron chi connectivity index (χ1n) is 3.47. The van der Waals surface area contributed by atoms with E-state index in [2.05, 4.69) is 10.3 Å². The molecule has 0 aliphatic carbocycles. The molecular weight excluding hydrogens is 201 g/mol. The average molecular weight is 208 g/mol. The van der Waals surface area contributed by atoms with E-state index in [1.54, 1.807) is 0 Å². The lowest BCUT2D eigenvalue weighted by atomic mass is 10.2. The molecule has 1 aromatic heterocycles. The summed E-state index contributed by atoms with van der Waals surface area (Å²) in [5.41, 5.74) is 5.12. The monoisotopic (exact) mass is 208 g/mol. The summed E-state index contributed by atoms with van der Waals surface area (Å²) in [6.07, 6.45) is -3.94. The van der Waals surface area contributed by atoms with E-state index in [1.165, 1.54) is 6.92 Å². The second-order valence-electron chi connectivity index (χ2n) is 2.53. The average Bonchev–Trinajstić information content (AvgIpc) is 2.45. The Bertz CT molecular complexity index is 368. The second-order valence-corrected chi connectivity index (χ2v) is 2.53. The summed E-state index contributed by atoms with van der Waals surface area (Å²) in [6, 6.07) is 0.